The number of nitrogens with one attached hydrogen (secondary N) is 3. The van der Waals surface area contributed by atoms with Crippen LogP contribution in [0.3, 0.4) is 0 Å². The van der Waals surface area contributed by atoms with Gasteiger partial charge in [-0.2, -0.15) is 0 Å². The molecule has 1 aliphatic heterocycles. The number of hydrogen-bond acceptors (Lipinski definition) is 3. The van der Waals surface area contributed by atoms with Crippen molar-refractivity contribution in [2.75, 3.05) is 31.5 Å². The molecule has 0 aromatic heterocycles. The highest BCUT2D eigenvalue weighted by Crippen LogP contribution is 2.48. The molecule has 0 unspecified atom stereocenters. The summed E-state index contributed by atoms with van der Waals surface area (Å²) >= 11 is 24.0. The zero-order valence-electron chi connectivity index (χ0n) is 19.8. The topological polar surface area (TPSA) is 73.5 Å². The molecule has 10 heteroatoms. The predicted molar refractivity (Wildman–Crippen MR) is 148 cm³/mol. The third-order valence-electron chi connectivity index (χ3n) is 6.68. The van der Waals surface area contributed by atoms with E-state index in [4.69, 9.17) is 46.4 Å². The fourth-order valence-corrected chi connectivity index (χ4v) is 5.54. The summed E-state index contributed by atoms with van der Waals surface area (Å²) in [4.78, 5) is 27.1. The standard InChI is InChI=1S/C26H30Cl4N4O2/c27-17-11-18(28)13-20(12-17)33-26(36)32-19-6-9-34(15-19)8-3-1-2-7-31-25(35)22-14-21(22)16-4-5-23(29)24(30)10-16/h4-5,10-13,19,21-22H,1-3,6-9,14-15H2,(H,31,35)(H2,32,33,36)/t19-,21-,22+/m0/s1. The van der Waals surface area contributed by atoms with E-state index in [9.17, 15) is 9.59 Å². The van der Waals surface area contributed by atoms with Crippen LogP contribution in [0.15, 0.2) is 36.4 Å². The summed E-state index contributed by atoms with van der Waals surface area (Å²) in [7, 11) is 0. The molecule has 2 aliphatic rings. The molecule has 6 nitrogen and oxygen atoms in total. The van der Waals surface area contributed by atoms with Crippen molar-refractivity contribution in [3.8, 4) is 0 Å². The van der Waals surface area contributed by atoms with E-state index in [2.05, 4.69) is 20.9 Å². The monoisotopic (exact) mass is 570 g/mol. The van der Waals surface area contributed by atoms with Crippen LogP contribution < -0.4 is 16.0 Å². The lowest BCUT2D eigenvalue weighted by molar-refractivity contribution is -0.122. The molecule has 194 valence electrons. The first-order valence-corrected chi connectivity index (χ1v) is 13.8. The Morgan fingerprint density at radius 2 is 1.72 bits per heavy atom. The Morgan fingerprint density at radius 3 is 2.47 bits per heavy atom. The van der Waals surface area contributed by atoms with Gasteiger partial charge in [-0.25, -0.2) is 4.79 Å². The van der Waals surface area contributed by atoms with Crippen LogP contribution in [0.1, 0.15) is 43.6 Å². The van der Waals surface area contributed by atoms with Crippen LogP contribution in [-0.4, -0.2) is 49.1 Å². The minimum absolute atomic E-state index is 0.0318. The van der Waals surface area contributed by atoms with Crippen LogP contribution >= 0.6 is 46.4 Å². The number of nitrogens with zero attached hydrogens (tertiary/aromatic N) is 1. The summed E-state index contributed by atoms with van der Waals surface area (Å²) in [5.41, 5.74) is 1.65. The van der Waals surface area contributed by atoms with Crippen LogP contribution in [0.5, 0.6) is 0 Å². The predicted octanol–water partition coefficient (Wildman–Crippen LogP) is 6.59. The van der Waals surface area contributed by atoms with Crippen LogP contribution in [0.4, 0.5) is 10.5 Å². The highest BCUT2D eigenvalue weighted by molar-refractivity contribution is 6.42. The van der Waals surface area contributed by atoms with E-state index < -0.39 is 0 Å². The third kappa shape index (κ3) is 7.90. The Hall–Kier alpha value is -1.70. The van der Waals surface area contributed by atoms with Crippen LogP contribution in [0.2, 0.25) is 20.1 Å². The smallest absolute Gasteiger partial charge is 0.319 e. The van der Waals surface area contributed by atoms with Crippen LogP contribution in [0.25, 0.3) is 0 Å². The van der Waals surface area contributed by atoms with Gasteiger partial charge in [0, 0.05) is 47.3 Å². The van der Waals surface area contributed by atoms with Crippen LogP contribution in [0, 0.1) is 5.92 Å². The highest BCUT2D eigenvalue weighted by atomic mass is 35.5. The number of urea groups is 1. The number of carbonyl (C=O) groups excluding carboxylic acids is 2. The lowest BCUT2D eigenvalue weighted by Crippen LogP contribution is -2.39. The molecule has 1 saturated heterocycles. The van der Waals surface area contributed by atoms with Gasteiger partial charge in [0.15, 0.2) is 0 Å². The van der Waals surface area contributed by atoms with E-state index in [0.717, 1.165) is 57.3 Å². The second-order valence-corrected chi connectivity index (χ2v) is 11.2. The van der Waals surface area contributed by atoms with Crippen molar-refractivity contribution in [3.05, 3.63) is 62.1 Å². The minimum atomic E-state index is -0.256. The number of anilines is 1. The van der Waals surface area contributed by atoms with Gasteiger partial charge in [0.1, 0.15) is 0 Å². The van der Waals surface area contributed by atoms with Gasteiger partial charge in [0.2, 0.25) is 5.91 Å². The molecule has 2 aromatic carbocycles. The Balaban J connectivity index is 1.05. The van der Waals surface area contributed by atoms with Gasteiger partial charge < -0.3 is 20.9 Å². The molecule has 1 aliphatic carbocycles. The van der Waals surface area contributed by atoms with E-state index in [1.807, 2.05) is 12.1 Å². The molecule has 36 heavy (non-hydrogen) atoms. The van der Waals surface area contributed by atoms with Gasteiger partial charge in [0.25, 0.3) is 0 Å². The zero-order valence-corrected chi connectivity index (χ0v) is 22.9. The average Bonchev–Trinajstić information content (AvgIpc) is 3.50. The SMILES string of the molecule is O=C(Nc1cc(Cl)cc(Cl)c1)N[C@H]1CCN(CCCCCNC(=O)[C@@H]2C[C@H]2c2ccc(Cl)c(Cl)c2)C1. The van der Waals surface area contributed by atoms with Crippen molar-refractivity contribution in [3.63, 3.8) is 0 Å². The second kappa shape index (κ2) is 12.7. The number of hydrogen-bond donors (Lipinski definition) is 3. The number of carbonyl (C=O) groups is 2. The Bertz CT molecular complexity index is 1080. The maximum Gasteiger partial charge on any atom is 0.319 e. The third-order valence-corrected chi connectivity index (χ3v) is 7.85. The van der Waals surface area contributed by atoms with Crippen molar-refractivity contribution in [2.24, 2.45) is 5.92 Å². The normalized spacial score (nSPS) is 21.3. The van der Waals surface area contributed by atoms with E-state index in [-0.39, 0.29) is 29.8 Å². The molecule has 0 spiro atoms. The number of benzene rings is 2. The zero-order chi connectivity index (χ0) is 25.7. The molecular weight excluding hydrogens is 542 g/mol. The van der Waals surface area contributed by atoms with Gasteiger partial charge >= 0.3 is 6.03 Å². The van der Waals surface area contributed by atoms with Crippen molar-refractivity contribution >= 4 is 64.0 Å². The molecule has 4 rings (SSSR count). The van der Waals surface area contributed by atoms with Crippen LogP contribution in [-0.2, 0) is 4.79 Å². The molecule has 0 bridgehead atoms. The van der Waals surface area contributed by atoms with Gasteiger partial charge in [-0.05, 0) is 74.0 Å². The first-order chi connectivity index (χ1) is 17.3. The lowest BCUT2D eigenvalue weighted by Gasteiger charge is -2.17. The summed E-state index contributed by atoms with van der Waals surface area (Å²) in [6, 6.07) is 10.4. The molecule has 1 saturated carbocycles. The summed E-state index contributed by atoms with van der Waals surface area (Å²) < 4.78 is 0. The van der Waals surface area contributed by atoms with E-state index in [1.54, 1.807) is 24.3 Å². The van der Waals surface area contributed by atoms with E-state index >= 15 is 0 Å². The summed E-state index contributed by atoms with van der Waals surface area (Å²) in [5, 5.41) is 10.9. The molecule has 3 atom stereocenters. The number of rotatable bonds is 10. The Labute approximate surface area is 232 Å². The maximum absolute atomic E-state index is 12.4. The average molecular weight is 572 g/mol. The summed E-state index contributed by atoms with van der Waals surface area (Å²) in [5.74, 6) is 0.393. The van der Waals surface area contributed by atoms with Gasteiger partial charge in [-0.3, -0.25) is 4.79 Å². The lowest BCUT2D eigenvalue weighted by atomic mass is 10.1. The fourth-order valence-electron chi connectivity index (χ4n) is 4.71. The first-order valence-electron chi connectivity index (χ1n) is 12.3. The van der Waals surface area contributed by atoms with E-state index in [0.29, 0.717) is 32.3 Å². The molecule has 0 radical (unpaired) electrons. The van der Waals surface area contributed by atoms with Gasteiger partial charge in [0.05, 0.1) is 10.0 Å². The number of amides is 3. The van der Waals surface area contributed by atoms with Gasteiger partial charge in [-0.1, -0.05) is 58.9 Å². The minimum Gasteiger partial charge on any atom is -0.356 e. The number of unbranched alkanes of at least 4 members (excludes halogenated alkanes) is 2. The molecule has 2 fully saturated rings. The van der Waals surface area contributed by atoms with Gasteiger partial charge in [-0.15, -0.1) is 0 Å². The Morgan fingerprint density at radius 1 is 0.944 bits per heavy atom. The quantitative estimate of drug-likeness (QED) is 0.282. The fraction of sp³-hybridized carbons (Fsp3) is 0.462. The number of halogens is 4. The van der Waals surface area contributed by atoms with Crippen molar-refractivity contribution in [2.45, 2.75) is 44.1 Å². The van der Waals surface area contributed by atoms with Crippen molar-refractivity contribution < 1.29 is 9.59 Å². The molecule has 3 amide bonds. The first kappa shape index (κ1) is 27.3. The highest BCUT2D eigenvalue weighted by Gasteiger charge is 2.43. The second-order valence-electron chi connectivity index (χ2n) is 9.52. The molecule has 2 aromatic rings. The largest absolute Gasteiger partial charge is 0.356 e. The molecule has 3 N–H and O–H groups in total. The molecule has 1 heterocycles. The van der Waals surface area contributed by atoms with Crippen molar-refractivity contribution in [1.82, 2.24) is 15.5 Å². The maximum atomic E-state index is 12.4. The molecular formula is C26H30Cl4N4O2. The van der Waals surface area contributed by atoms with Crippen molar-refractivity contribution in [1.29, 1.82) is 0 Å². The number of likely N-dealkylation sites (tertiary alicyclic amines) is 1. The Kier molecular flexibility index (Phi) is 9.65. The van der Waals surface area contributed by atoms with E-state index in [1.165, 1.54) is 0 Å². The summed E-state index contributed by atoms with van der Waals surface area (Å²) in [6.45, 7) is 3.47. The summed E-state index contributed by atoms with van der Waals surface area (Å²) in [6.07, 6.45) is 4.84.